The third-order valence-electron chi connectivity index (χ3n) is 3.62. The summed E-state index contributed by atoms with van der Waals surface area (Å²) < 4.78 is 0. The lowest BCUT2D eigenvalue weighted by atomic mass is 10.2. The summed E-state index contributed by atoms with van der Waals surface area (Å²) in [6.07, 6.45) is 0. The molecule has 0 aliphatic rings. The molecule has 3 rings (SSSR count). The van der Waals surface area contributed by atoms with Crippen molar-refractivity contribution in [3.63, 3.8) is 0 Å². The molecule has 0 unspecified atom stereocenters. The maximum absolute atomic E-state index is 8.78. The molecule has 0 heterocycles. The second-order valence-corrected chi connectivity index (χ2v) is 5.62. The summed E-state index contributed by atoms with van der Waals surface area (Å²) in [6, 6.07) is 21.8. The molecule has 2 N–H and O–H groups in total. The van der Waals surface area contributed by atoms with Crippen LogP contribution < -0.4 is 5.73 Å². The van der Waals surface area contributed by atoms with Crippen LogP contribution in [0.4, 0.5) is 28.4 Å². The minimum absolute atomic E-state index is 0.593. The number of nitrogens with two attached hydrogens (primary N) is 1. The minimum atomic E-state index is 0.593. The van der Waals surface area contributed by atoms with Gasteiger partial charge in [-0.25, -0.2) is 0 Å². The van der Waals surface area contributed by atoms with Gasteiger partial charge >= 0.3 is 0 Å². The van der Waals surface area contributed by atoms with Gasteiger partial charge in [0.25, 0.3) is 0 Å². The Labute approximate surface area is 151 Å². The lowest BCUT2D eigenvalue weighted by Crippen LogP contribution is -1.84. The molecule has 0 atom stereocenters. The van der Waals surface area contributed by atoms with Gasteiger partial charge in [0.15, 0.2) is 0 Å². The van der Waals surface area contributed by atoms with E-state index in [0.717, 1.165) is 16.9 Å². The third kappa shape index (κ3) is 4.36. The number of benzene rings is 3. The van der Waals surface area contributed by atoms with Gasteiger partial charge in [0.1, 0.15) is 0 Å². The number of nitrogens with zero attached hydrogens (tertiary/aromatic N) is 5. The molecule has 0 spiro atoms. The highest BCUT2D eigenvalue weighted by molar-refractivity contribution is 5.54. The highest BCUT2D eigenvalue weighted by Gasteiger charge is 1.98. The van der Waals surface area contributed by atoms with Crippen molar-refractivity contribution in [3.8, 4) is 6.07 Å². The van der Waals surface area contributed by atoms with Crippen molar-refractivity contribution in [3.05, 3.63) is 77.9 Å². The molecule has 3 aromatic rings. The number of azo groups is 2. The number of hydrogen-bond donors (Lipinski definition) is 1. The van der Waals surface area contributed by atoms with Crippen LogP contribution in [0.5, 0.6) is 0 Å². The lowest BCUT2D eigenvalue weighted by Gasteiger charge is -2.00. The van der Waals surface area contributed by atoms with Gasteiger partial charge in [0.2, 0.25) is 0 Å². The molecule has 0 radical (unpaired) electrons. The van der Waals surface area contributed by atoms with Crippen LogP contribution in [0.2, 0.25) is 0 Å². The van der Waals surface area contributed by atoms with E-state index in [1.54, 1.807) is 30.3 Å². The smallest absolute Gasteiger partial charge is 0.0991 e. The van der Waals surface area contributed by atoms with E-state index in [-0.39, 0.29) is 0 Å². The largest absolute Gasteiger partial charge is 0.399 e. The number of rotatable bonds is 4. The van der Waals surface area contributed by atoms with Gasteiger partial charge in [0.05, 0.1) is 34.4 Å². The van der Waals surface area contributed by atoms with Crippen molar-refractivity contribution in [2.45, 2.75) is 6.92 Å². The molecule has 0 aliphatic carbocycles. The maximum atomic E-state index is 8.78. The predicted molar refractivity (Wildman–Crippen MR) is 102 cm³/mol. The summed E-state index contributed by atoms with van der Waals surface area (Å²) in [4.78, 5) is 0. The Morgan fingerprint density at radius 3 is 1.73 bits per heavy atom. The van der Waals surface area contributed by atoms with Gasteiger partial charge in [0, 0.05) is 5.69 Å². The summed E-state index contributed by atoms with van der Waals surface area (Å²) in [7, 11) is 0. The van der Waals surface area contributed by atoms with Crippen LogP contribution in [0.25, 0.3) is 0 Å². The molecule has 26 heavy (non-hydrogen) atoms. The Morgan fingerprint density at radius 2 is 1.23 bits per heavy atom. The van der Waals surface area contributed by atoms with Crippen LogP contribution in [0.1, 0.15) is 11.1 Å². The zero-order valence-electron chi connectivity index (χ0n) is 14.2. The number of hydrogen-bond acceptors (Lipinski definition) is 6. The Hall–Kier alpha value is -3.85. The lowest BCUT2D eigenvalue weighted by molar-refractivity contribution is 1.20. The van der Waals surface area contributed by atoms with Gasteiger partial charge in [-0.05, 0) is 79.2 Å². The average molecular weight is 340 g/mol. The molecule has 0 saturated carbocycles. The van der Waals surface area contributed by atoms with E-state index in [9.17, 15) is 0 Å². The molecule has 0 aliphatic heterocycles. The Morgan fingerprint density at radius 1 is 0.731 bits per heavy atom. The maximum Gasteiger partial charge on any atom is 0.0991 e. The summed E-state index contributed by atoms with van der Waals surface area (Å²) in [5.41, 5.74) is 10.9. The number of aryl methyl sites for hydroxylation is 1. The Balaban J connectivity index is 1.68. The second kappa shape index (κ2) is 7.81. The second-order valence-electron chi connectivity index (χ2n) is 5.62. The fourth-order valence-electron chi connectivity index (χ4n) is 2.21. The first-order chi connectivity index (χ1) is 12.6. The van der Waals surface area contributed by atoms with Crippen molar-refractivity contribution in [1.29, 1.82) is 5.26 Å². The van der Waals surface area contributed by atoms with E-state index in [4.69, 9.17) is 11.0 Å². The van der Waals surface area contributed by atoms with Gasteiger partial charge in [-0.2, -0.15) is 25.7 Å². The highest BCUT2D eigenvalue weighted by atomic mass is 15.1. The van der Waals surface area contributed by atoms with Crippen molar-refractivity contribution in [2.75, 3.05) is 5.73 Å². The summed E-state index contributed by atoms with van der Waals surface area (Å²) in [5, 5.41) is 25.6. The van der Waals surface area contributed by atoms with E-state index in [1.807, 2.05) is 43.3 Å². The molecule has 6 heteroatoms. The van der Waals surface area contributed by atoms with E-state index in [1.165, 1.54) is 0 Å². The van der Waals surface area contributed by atoms with Gasteiger partial charge in [-0.1, -0.05) is 0 Å². The van der Waals surface area contributed by atoms with Crippen LogP contribution in [0.3, 0.4) is 0 Å². The van der Waals surface area contributed by atoms with Crippen LogP contribution in [0.15, 0.2) is 87.2 Å². The first-order valence-corrected chi connectivity index (χ1v) is 7.94. The quantitative estimate of drug-likeness (QED) is 0.446. The highest BCUT2D eigenvalue weighted by Crippen LogP contribution is 2.25. The van der Waals surface area contributed by atoms with Crippen LogP contribution in [0, 0.1) is 18.3 Å². The molecule has 6 nitrogen and oxygen atoms in total. The van der Waals surface area contributed by atoms with E-state index < -0.39 is 0 Å². The van der Waals surface area contributed by atoms with Crippen molar-refractivity contribution in [2.24, 2.45) is 20.5 Å². The summed E-state index contributed by atoms with van der Waals surface area (Å²) in [5.74, 6) is 0. The molecule has 0 aromatic heterocycles. The topological polar surface area (TPSA) is 99.2 Å². The Bertz CT molecular complexity index is 996. The molecule has 0 bridgehead atoms. The van der Waals surface area contributed by atoms with Crippen molar-refractivity contribution < 1.29 is 0 Å². The van der Waals surface area contributed by atoms with E-state index >= 15 is 0 Å². The van der Waals surface area contributed by atoms with Crippen LogP contribution in [-0.2, 0) is 0 Å². The van der Waals surface area contributed by atoms with Crippen molar-refractivity contribution >= 4 is 28.4 Å². The van der Waals surface area contributed by atoms with E-state index in [2.05, 4.69) is 26.5 Å². The number of nitrogen functional groups attached to an aromatic ring is 1. The molecule has 3 aromatic carbocycles. The SMILES string of the molecule is Cc1cc(N)ccc1N=Nc1ccc(N=Nc2ccc(C#N)cc2)cc1. The fraction of sp³-hybridized carbons (Fsp3) is 0.0500. The van der Waals surface area contributed by atoms with Crippen molar-refractivity contribution in [1.82, 2.24) is 0 Å². The molecule has 0 amide bonds. The monoisotopic (exact) mass is 340 g/mol. The first kappa shape index (κ1) is 17.0. The number of nitriles is 1. The molecule has 0 fully saturated rings. The van der Waals surface area contributed by atoms with Crippen LogP contribution >= 0.6 is 0 Å². The number of anilines is 1. The summed E-state index contributed by atoms with van der Waals surface area (Å²) in [6.45, 7) is 1.94. The van der Waals surface area contributed by atoms with Gasteiger partial charge in [-0.3, -0.25) is 0 Å². The third-order valence-corrected chi connectivity index (χ3v) is 3.62. The Kier molecular flexibility index (Phi) is 5.11. The zero-order valence-corrected chi connectivity index (χ0v) is 14.2. The minimum Gasteiger partial charge on any atom is -0.399 e. The molecule has 0 saturated heterocycles. The molecular formula is C20H16N6. The predicted octanol–water partition coefficient (Wildman–Crippen LogP) is 6.28. The fourth-order valence-corrected chi connectivity index (χ4v) is 2.21. The standard InChI is InChI=1S/C20H16N6/c1-14-12-16(22)4-11-20(14)26-25-19-9-7-18(8-10-19)24-23-17-5-2-15(13-21)3-6-17/h2-12H,22H2,1H3. The van der Waals surface area contributed by atoms with Crippen LogP contribution in [-0.4, -0.2) is 0 Å². The molecule has 126 valence electrons. The van der Waals surface area contributed by atoms with Gasteiger partial charge < -0.3 is 5.73 Å². The van der Waals surface area contributed by atoms with E-state index in [0.29, 0.717) is 22.6 Å². The average Bonchev–Trinajstić information content (AvgIpc) is 2.67. The molecular weight excluding hydrogens is 324 g/mol. The zero-order chi connectivity index (χ0) is 18.4. The normalized spacial score (nSPS) is 11.1. The summed E-state index contributed by atoms with van der Waals surface area (Å²) >= 11 is 0. The first-order valence-electron chi connectivity index (χ1n) is 7.94. The van der Waals surface area contributed by atoms with Gasteiger partial charge in [-0.15, -0.1) is 0 Å².